The molecule has 0 amide bonds. The van der Waals surface area contributed by atoms with Crippen molar-refractivity contribution in [1.82, 2.24) is 4.98 Å². The molecular formula is C11H7FN2O. The highest BCUT2D eigenvalue weighted by Crippen LogP contribution is 2.25. The van der Waals surface area contributed by atoms with Crippen LogP contribution in [0.1, 0.15) is 5.69 Å². The third-order valence-corrected chi connectivity index (χ3v) is 2.06. The summed E-state index contributed by atoms with van der Waals surface area (Å²) in [5.74, 6) is -0.0482. The van der Waals surface area contributed by atoms with E-state index in [4.69, 9.17) is 10.00 Å². The second-order valence-electron chi connectivity index (χ2n) is 2.99. The number of nitrogens with zero attached hydrogens (tertiary/aromatic N) is 2. The largest absolute Gasteiger partial charge is 0.494 e. The minimum Gasteiger partial charge on any atom is -0.494 e. The topological polar surface area (TPSA) is 45.9 Å². The predicted molar refractivity (Wildman–Crippen MR) is 53.0 cm³/mol. The van der Waals surface area contributed by atoms with Crippen LogP contribution in [0.25, 0.3) is 10.9 Å². The molecule has 0 saturated carbocycles. The Morgan fingerprint density at radius 2 is 2.20 bits per heavy atom. The van der Waals surface area contributed by atoms with Crippen LogP contribution in [0.3, 0.4) is 0 Å². The molecule has 0 aliphatic heterocycles. The van der Waals surface area contributed by atoms with Crippen LogP contribution in [0, 0.1) is 17.1 Å². The van der Waals surface area contributed by atoms with Crippen LogP contribution in [0.5, 0.6) is 5.75 Å². The summed E-state index contributed by atoms with van der Waals surface area (Å²) in [4.78, 5) is 4.05. The van der Waals surface area contributed by atoms with E-state index in [2.05, 4.69) is 4.98 Å². The summed E-state index contributed by atoms with van der Waals surface area (Å²) in [6.45, 7) is 0. The van der Waals surface area contributed by atoms with Crippen molar-refractivity contribution in [3.05, 3.63) is 35.8 Å². The molecule has 0 atom stereocenters. The van der Waals surface area contributed by atoms with E-state index < -0.39 is 0 Å². The van der Waals surface area contributed by atoms with Crippen LogP contribution in [0.4, 0.5) is 4.39 Å². The van der Waals surface area contributed by atoms with Gasteiger partial charge in [-0.3, -0.25) is 0 Å². The first-order valence-corrected chi connectivity index (χ1v) is 4.29. The maximum atomic E-state index is 13.1. The lowest BCUT2D eigenvalue weighted by Crippen LogP contribution is -1.91. The molecular weight excluding hydrogens is 195 g/mol. The first-order chi connectivity index (χ1) is 7.24. The molecule has 0 spiro atoms. The number of nitriles is 1. The Bertz CT molecular complexity index is 560. The maximum Gasteiger partial charge on any atom is 0.148 e. The van der Waals surface area contributed by atoms with Gasteiger partial charge in [-0.2, -0.15) is 5.26 Å². The maximum absolute atomic E-state index is 13.1. The Kier molecular flexibility index (Phi) is 2.22. The van der Waals surface area contributed by atoms with E-state index in [0.29, 0.717) is 16.7 Å². The molecule has 0 unspecified atom stereocenters. The van der Waals surface area contributed by atoms with Gasteiger partial charge in [-0.25, -0.2) is 9.37 Å². The molecule has 0 saturated heterocycles. The Morgan fingerprint density at radius 3 is 2.87 bits per heavy atom. The number of methoxy groups -OCH3 is 1. The standard InChI is InChI=1S/C11H7FN2O/c1-15-10-5-8(12)4-7-2-3-9(6-13)14-11(7)10/h2-5H,1H3. The van der Waals surface area contributed by atoms with Crippen molar-refractivity contribution in [3.63, 3.8) is 0 Å². The summed E-state index contributed by atoms with van der Waals surface area (Å²) in [5, 5.41) is 9.30. The lowest BCUT2D eigenvalue weighted by molar-refractivity contribution is 0.415. The first-order valence-electron chi connectivity index (χ1n) is 4.29. The normalized spacial score (nSPS) is 9.93. The zero-order chi connectivity index (χ0) is 10.8. The molecule has 1 aromatic heterocycles. The Morgan fingerprint density at radius 1 is 1.40 bits per heavy atom. The summed E-state index contributed by atoms with van der Waals surface area (Å²) >= 11 is 0. The molecule has 15 heavy (non-hydrogen) atoms. The smallest absolute Gasteiger partial charge is 0.148 e. The van der Waals surface area contributed by atoms with Crippen LogP contribution in [0.2, 0.25) is 0 Å². The van der Waals surface area contributed by atoms with Gasteiger partial charge in [0.1, 0.15) is 28.8 Å². The van der Waals surface area contributed by atoms with Crippen molar-refractivity contribution in [2.75, 3.05) is 7.11 Å². The molecule has 3 nitrogen and oxygen atoms in total. The quantitative estimate of drug-likeness (QED) is 0.712. The van der Waals surface area contributed by atoms with Crippen LogP contribution < -0.4 is 4.74 Å². The molecule has 2 rings (SSSR count). The predicted octanol–water partition coefficient (Wildman–Crippen LogP) is 2.25. The van der Waals surface area contributed by atoms with E-state index in [1.165, 1.54) is 19.2 Å². The molecule has 0 radical (unpaired) electrons. The van der Waals surface area contributed by atoms with Gasteiger partial charge in [0.05, 0.1) is 7.11 Å². The Hall–Kier alpha value is -2.15. The highest BCUT2D eigenvalue weighted by atomic mass is 19.1. The fourth-order valence-electron chi connectivity index (χ4n) is 1.39. The van der Waals surface area contributed by atoms with E-state index in [1.54, 1.807) is 12.1 Å². The van der Waals surface area contributed by atoms with Crippen molar-refractivity contribution in [2.45, 2.75) is 0 Å². The second-order valence-corrected chi connectivity index (χ2v) is 2.99. The van der Waals surface area contributed by atoms with Crippen LogP contribution >= 0.6 is 0 Å². The molecule has 2 aromatic rings. The molecule has 0 aliphatic rings. The zero-order valence-corrected chi connectivity index (χ0v) is 7.99. The first kappa shape index (κ1) is 9.41. The van der Waals surface area contributed by atoms with Crippen LogP contribution in [0.15, 0.2) is 24.3 Å². The minimum absolute atomic E-state index is 0.285. The van der Waals surface area contributed by atoms with E-state index in [1.807, 2.05) is 6.07 Å². The van der Waals surface area contributed by atoms with Crippen molar-refractivity contribution in [2.24, 2.45) is 0 Å². The van der Waals surface area contributed by atoms with Crippen LogP contribution in [-0.2, 0) is 0 Å². The van der Waals surface area contributed by atoms with Crippen LogP contribution in [-0.4, -0.2) is 12.1 Å². The molecule has 0 bridgehead atoms. The van der Waals surface area contributed by atoms with Gasteiger partial charge in [0.15, 0.2) is 0 Å². The molecule has 0 aliphatic carbocycles. The second kappa shape index (κ2) is 3.54. The number of rotatable bonds is 1. The van der Waals surface area contributed by atoms with Gasteiger partial charge >= 0.3 is 0 Å². The van der Waals surface area contributed by atoms with E-state index >= 15 is 0 Å². The number of pyridine rings is 1. The van der Waals surface area contributed by atoms with Crippen molar-refractivity contribution in [3.8, 4) is 11.8 Å². The molecule has 1 heterocycles. The number of hydrogen-bond donors (Lipinski definition) is 0. The fourth-order valence-corrected chi connectivity index (χ4v) is 1.39. The van der Waals surface area contributed by atoms with Gasteiger partial charge in [-0.1, -0.05) is 0 Å². The number of ether oxygens (including phenoxy) is 1. The van der Waals surface area contributed by atoms with Crippen molar-refractivity contribution < 1.29 is 9.13 Å². The Balaban J connectivity index is 2.80. The van der Waals surface area contributed by atoms with E-state index in [-0.39, 0.29) is 11.5 Å². The number of aromatic nitrogens is 1. The van der Waals surface area contributed by atoms with Gasteiger partial charge < -0.3 is 4.74 Å². The average molecular weight is 202 g/mol. The van der Waals surface area contributed by atoms with Gasteiger partial charge in [0.25, 0.3) is 0 Å². The lowest BCUT2D eigenvalue weighted by Gasteiger charge is -2.04. The third kappa shape index (κ3) is 1.59. The number of halogens is 1. The highest BCUT2D eigenvalue weighted by molar-refractivity contribution is 5.85. The summed E-state index contributed by atoms with van der Waals surface area (Å²) in [5.41, 5.74) is 0.783. The summed E-state index contributed by atoms with van der Waals surface area (Å²) in [7, 11) is 1.44. The van der Waals surface area contributed by atoms with Gasteiger partial charge in [0, 0.05) is 11.5 Å². The van der Waals surface area contributed by atoms with Crippen molar-refractivity contribution >= 4 is 10.9 Å². The van der Waals surface area contributed by atoms with Gasteiger partial charge in [-0.05, 0) is 18.2 Å². The van der Waals surface area contributed by atoms with E-state index in [0.717, 1.165) is 0 Å². The molecule has 1 aromatic carbocycles. The van der Waals surface area contributed by atoms with Gasteiger partial charge in [-0.15, -0.1) is 0 Å². The van der Waals surface area contributed by atoms with E-state index in [9.17, 15) is 4.39 Å². The minimum atomic E-state index is -0.383. The summed E-state index contributed by atoms with van der Waals surface area (Å²) < 4.78 is 18.1. The summed E-state index contributed by atoms with van der Waals surface area (Å²) in [6.07, 6.45) is 0. The molecule has 0 N–H and O–H groups in total. The molecule has 4 heteroatoms. The third-order valence-electron chi connectivity index (χ3n) is 2.06. The Labute approximate surface area is 85.7 Å². The van der Waals surface area contributed by atoms with Crippen molar-refractivity contribution in [1.29, 1.82) is 5.26 Å². The van der Waals surface area contributed by atoms with Gasteiger partial charge in [0.2, 0.25) is 0 Å². The fraction of sp³-hybridized carbons (Fsp3) is 0.0909. The highest BCUT2D eigenvalue weighted by Gasteiger charge is 2.06. The summed E-state index contributed by atoms with van der Waals surface area (Å²) in [6, 6.07) is 7.71. The monoisotopic (exact) mass is 202 g/mol. The zero-order valence-electron chi connectivity index (χ0n) is 7.99. The number of hydrogen-bond acceptors (Lipinski definition) is 3. The lowest BCUT2D eigenvalue weighted by atomic mass is 10.2. The molecule has 0 fully saturated rings. The SMILES string of the molecule is COc1cc(F)cc2ccc(C#N)nc12. The number of benzene rings is 1. The average Bonchev–Trinajstić information content (AvgIpc) is 2.27. The molecule has 74 valence electrons. The number of fused-ring (bicyclic) bond motifs is 1.